The molecule has 0 atom stereocenters. The van der Waals surface area contributed by atoms with Crippen molar-refractivity contribution in [3.05, 3.63) is 48.3 Å². The molecule has 1 aromatic heterocycles. The van der Waals surface area contributed by atoms with Crippen LogP contribution in [0.3, 0.4) is 0 Å². The molecule has 94 valence electrons. The first-order chi connectivity index (χ1) is 8.79. The van der Waals surface area contributed by atoms with E-state index < -0.39 is 0 Å². The van der Waals surface area contributed by atoms with Crippen molar-refractivity contribution >= 4 is 5.97 Å². The lowest BCUT2D eigenvalue weighted by Gasteiger charge is -2.01. The number of aliphatic hydroxyl groups excluding tert-OH is 1. The van der Waals surface area contributed by atoms with Crippen LogP contribution in [0.15, 0.2) is 42.7 Å². The average molecular weight is 246 g/mol. The molecule has 1 heterocycles. The molecule has 5 nitrogen and oxygen atoms in total. The normalized spacial score (nSPS) is 10.3. The third kappa shape index (κ3) is 3.18. The number of hydrogen-bond acceptors (Lipinski definition) is 4. The lowest BCUT2D eigenvalue weighted by atomic mass is 10.2. The van der Waals surface area contributed by atoms with Crippen LogP contribution in [0.1, 0.15) is 5.56 Å². The molecular weight excluding hydrogens is 232 g/mol. The van der Waals surface area contributed by atoms with E-state index in [1.165, 1.54) is 0 Å². The fourth-order valence-corrected chi connectivity index (χ4v) is 1.55. The molecule has 0 bridgehead atoms. The van der Waals surface area contributed by atoms with Gasteiger partial charge in [0, 0.05) is 11.8 Å². The number of nitrogens with zero attached hydrogens (tertiary/aromatic N) is 2. The minimum absolute atomic E-state index is 0.0334. The van der Waals surface area contributed by atoms with E-state index in [1.54, 1.807) is 17.1 Å². The Hall–Kier alpha value is -2.14. The fourth-order valence-electron chi connectivity index (χ4n) is 1.55. The van der Waals surface area contributed by atoms with E-state index in [0.717, 1.165) is 11.3 Å². The van der Waals surface area contributed by atoms with Gasteiger partial charge in [-0.1, -0.05) is 18.2 Å². The summed E-state index contributed by atoms with van der Waals surface area (Å²) >= 11 is 0. The van der Waals surface area contributed by atoms with Crippen molar-refractivity contribution in [2.75, 3.05) is 13.2 Å². The van der Waals surface area contributed by atoms with Gasteiger partial charge in [-0.25, -0.2) is 4.68 Å². The maximum absolute atomic E-state index is 11.3. The zero-order valence-electron chi connectivity index (χ0n) is 9.82. The summed E-state index contributed by atoms with van der Waals surface area (Å²) in [7, 11) is 0. The summed E-state index contributed by atoms with van der Waals surface area (Å²) in [5, 5.41) is 12.7. The van der Waals surface area contributed by atoms with Gasteiger partial charge in [-0.05, 0) is 12.1 Å². The van der Waals surface area contributed by atoms with E-state index in [1.807, 2.05) is 30.3 Å². The summed E-state index contributed by atoms with van der Waals surface area (Å²) in [6.07, 6.45) is 3.58. The van der Waals surface area contributed by atoms with Gasteiger partial charge in [-0.2, -0.15) is 5.10 Å². The molecule has 0 spiro atoms. The van der Waals surface area contributed by atoms with Gasteiger partial charge < -0.3 is 9.84 Å². The van der Waals surface area contributed by atoms with Crippen LogP contribution in [0.4, 0.5) is 0 Å². The highest BCUT2D eigenvalue weighted by atomic mass is 16.5. The second-order valence-corrected chi connectivity index (χ2v) is 3.75. The van der Waals surface area contributed by atoms with Crippen LogP contribution in [-0.4, -0.2) is 34.1 Å². The topological polar surface area (TPSA) is 64.4 Å². The number of hydrogen-bond donors (Lipinski definition) is 1. The Labute approximate surface area is 105 Å². The van der Waals surface area contributed by atoms with E-state index in [0.29, 0.717) is 0 Å². The van der Waals surface area contributed by atoms with Crippen molar-refractivity contribution in [3.63, 3.8) is 0 Å². The zero-order valence-corrected chi connectivity index (χ0v) is 9.82. The van der Waals surface area contributed by atoms with E-state index >= 15 is 0 Å². The van der Waals surface area contributed by atoms with Crippen LogP contribution >= 0.6 is 0 Å². The van der Waals surface area contributed by atoms with Crippen LogP contribution in [0.2, 0.25) is 0 Å². The minimum atomic E-state index is -0.364. The van der Waals surface area contributed by atoms with Crippen molar-refractivity contribution in [1.82, 2.24) is 9.78 Å². The molecule has 18 heavy (non-hydrogen) atoms. The lowest BCUT2D eigenvalue weighted by molar-refractivity contribution is -0.143. The van der Waals surface area contributed by atoms with Crippen molar-refractivity contribution in [2.45, 2.75) is 6.42 Å². The van der Waals surface area contributed by atoms with Crippen molar-refractivity contribution in [2.24, 2.45) is 0 Å². The van der Waals surface area contributed by atoms with Crippen LogP contribution in [-0.2, 0) is 16.0 Å². The number of aromatic nitrogens is 2. The number of para-hydroxylation sites is 1. The number of benzene rings is 1. The van der Waals surface area contributed by atoms with Crippen LogP contribution in [0, 0.1) is 0 Å². The maximum Gasteiger partial charge on any atom is 0.310 e. The first-order valence-electron chi connectivity index (χ1n) is 5.65. The van der Waals surface area contributed by atoms with Crippen molar-refractivity contribution < 1.29 is 14.6 Å². The van der Waals surface area contributed by atoms with Crippen LogP contribution < -0.4 is 0 Å². The van der Waals surface area contributed by atoms with Crippen LogP contribution in [0.25, 0.3) is 5.69 Å². The van der Waals surface area contributed by atoms with Crippen molar-refractivity contribution in [3.8, 4) is 5.69 Å². The molecule has 1 aromatic carbocycles. The molecule has 5 heteroatoms. The third-order valence-electron chi connectivity index (χ3n) is 2.36. The number of carbonyl (C=O) groups excluding carboxylic acids is 1. The standard InChI is InChI=1S/C13H14N2O3/c16-6-7-18-13(17)8-11-9-14-15(10-11)12-4-2-1-3-5-12/h1-5,9-10,16H,6-8H2. The maximum atomic E-state index is 11.3. The molecule has 0 fully saturated rings. The molecule has 0 amide bonds. The Morgan fingerprint density at radius 3 is 2.83 bits per heavy atom. The van der Waals surface area contributed by atoms with Crippen LogP contribution in [0.5, 0.6) is 0 Å². The van der Waals surface area contributed by atoms with Gasteiger partial charge in [-0.3, -0.25) is 4.79 Å². The van der Waals surface area contributed by atoms with Gasteiger partial charge in [0.15, 0.2) is 0 Å². The van der Waals surface area contributed by atoms with Gasteiger partial charge >= 0.3 is 5.97 Å². The Morgan fingerprint density at radius 1 is 1.33 bits per heavy atom. The Kier molecular flexibility index (Phi) is 4.09. The van der Waals surface area contributed by atoms with Crippen molar-refractivity contribution in [1.29, 1.82) is 0 Å². The highest BCUT2D eigenvalue weighted by molar-refractivity contribution is 5.72. The van der Waals surface area contributed by atoms with Gasteiger partial charge in [-0.15, -0.1) is 0 Å². The molecule has 0 unspecified atom stereocenters. The molecule has 2 aromatic rings. The SMILES string of the molecule is O=C(Cc1cnn(-c2ccccc2)c1)OCCO. The monoisotopic (exact) mass is 246 g/mol. The summed E-state index contributed by atoms with van der Waals surface area (Å²) in [4.78, 5) is 11.3. The summed E-state index contributed by atoms with van der Waals surface area (Å²) in [5.41, 5.74) is 1.72. The molecule has 0 aliphatic heterocycles. The van der Waals surface area contributed by atoms with Gasteiger partial charge in [0.2, 0.25) is 0 Å². The molecule has 2 rings (SSSR count). The van der Waals surface area contributed by atoms with E-state index in [9.17, 15) is 4.79 Å². The van der Waals surface area contributed by atoms with Gasteiger partial charge in [0.05, 0.1) is 24.9 Å². The minimum Gasteiger partial charge on any atom is -0.463 e. The second-order valence-electron chi connectivity index (χ2n) is 3.75. The summed E-state index contributed by atoms with van der Waals surface area (Å²) in [5.74, 6) is -0.364. The second kappa shape index (κ2) is 5.97. The third-order valence-corrected chi connectivity index (χ3v) is 2.36. The van der Waals surface area contributed by atoms with Gasteiger partial charge in [0.1, 0.15) is 6.61 Å². The Bertz CT molecular complexity index is 508. The summed E-state index contributed by atoms with van der Waals surface area (Å²) in [6.45, 7) is -0.124. The summed E-state index contributed by atoms with van der Waals surface area (Å²) in [6, 6.07) is 9.64. The molecular formula is C13H14N2O3. The molecule has 0 aliphatic rings. The number of rotatable bonds is 5. The number of aliphatic hydroxyl groups is 1. The van der Waals surface area contributed by atoms with E-state index in [-0.39, 0.29) is 25.6 Å². The quantitative estimate of drug-likeness (QED) is 0.798. The molecule has 0 saturated heterocycles. The lowest BCUT2D eigenvalue weighted by Crippen LogP contribution is -2.10. The zero-order chi connectivity index (χ0) is 12.8. The highest BCUT2D eigenvalue weighted by Gasteiger charge is 2.07. The number of esters is 1. The van der Waals surface area contributed by atoms with Gasteiger partial charge in [0.25, 0.3) is 0 Å². The Balaban J connectivity index is 2.00. The predicted octanol–water partition coefficient (Wildman–Crippen LogP) is 0.950. The largest absolute Gasteiger partial charge is 0.463 e. The first kappa shape index (κ1) is 12.3. The number of carbonyl (C=O) groups is 1. The smallest absolute Gasteiger partial charge is 0.310 e. The fraction of sp³-hybridized carbons (Fsp3) is 0.231. The van der Waals surface area contributed by atoms with E-state index in [2.05, 4.69) is 5.10 Å². The highest BCUT2D eigenvalue weighted by Crippen LogP contribution is 2.08. The molecule has 1 N–H and O–H groups in total. The number of ether oxygens (including phenoxy) is 1. The first-order valence-corrected chi connectivity index (χ1v) is 5.65. The average Bonchev–Trinajstić information content (AvgIpc) is 2.86. The molecule has 0 aliphatic carbocycles. The van der Waals surface area contributed by atoms with E-state index in [4.69, 9.17) is 9.84 Å². The Morgan fingerprint density at radius 2 is 2.11 bits per heavy atom. The summed E-state index contributed by atoms with van der Waals surface area (Å²) < 4.78 is 6.49. The molecule has 0 saturated carbocycles. The predicted molar refractivity (Wildman–Crippen MR) is 65.3 cm³/mol. The molecule has 0 radical (unpaired) electrons.